The van der Waals surface area contributed by atoms with Gasteiger partial charge in [0.25, 0.3) is 0 Å². The molecule has 118 valence electrons. The van der Waals surface area contributed by atoms with Gasteiger partial charge < -0.3 is 9.84 Å². The summed E-state index contributed by atoms with van der Waals surface area (Å²) < 4.78 is 5.85. The first-order valence-electron chi connectivity index (χ1n) is 8.32. The second-order valence-electron chi connectivity index (χ2n) is 5.69. The maximum atomic E-state index is 9.35. The summed E-state index contributed by atoms with van der Waals surface area (Å²) in [6, 6.07) is 15.4. The summed E-state index contributed by atoms with van der Waals surface area (Å²) in [5.74, 6) is 1.21. The minimum atomic E-state index is 0.291. The van der Waals surface area contributed by atoms with Crippen molar-refractivity contribution in [2.24, 2.45) is 0 Å². The molecule has 0 saturated heterocycles. The van der Waals surface area contributed by atoms with Gasteiger partial charge in [-0.1, -0.05) is 63.3 Å². The molecule has 1 N–H and O–H groups in total. The first-order valence-corrected chi connectivity index (χ1v) is 8.32. The van der Waals surface area contributed by atoms with Crippen molar-refractivity contribution in [3.05, 3.63) is 48.5 Å². The third-order valence-electron chi connectivity index (χ3n) is 3.80. The van der Waals surface area contributed by atoms with Crippen LogP contribution in [0.5, 0.6) is 11.5 Å². The molecule has 0 saturated carbocycles. The Morgan fingerprint density at radius 1 is 0.818 bits per heavy atom. The van der Waals surface area contributed by atoms with Gasteiger partial charge in [-0.05, 0) is 41.8 Å². The molecule has 2 heteroatoms. The van der Waals surface area contributed by atoms with E-state index in [1.165, 1.54) is 32.1 Å². The third-order valence-corrected chi connectivity index (χ3v) is 3.80. The minimum absolute atomic E-state index is 0.291. The van der Waals surface area contributed by atoms with Gasteiger partial charge in [0.2, 0.25) is 0 Å². The molecule has 0 amide bonds. The average Bonchev–Trinajstić information content (AvgIpc) is 2.55. The fraction of sp³-hybridized carbons (Fsp3) is 0.400. The summed E-state index contributed by atoms with van der Waals surface area (Å²) in [6.07, 6.45) is 7.65. The van der Waals surface area contributed by atoms with Crippen LogP contribution >= 0.6 is 0 Å². The van der Waals surface area contributed by atoms with Gasteiger partial charge in [0.05, 0.1) is 6.61 Å². The monoisotopic (exact) mass is 298 g/mol. The van der Waals surface area contributed by atoms with Crippen molar-refractivity contribution >= 4 is 0 Å². The number of aromatic hydroxyl groups is 1. The van der Waals surface area contributed by atoms with Crippen LogP contribution in [0, 0.1) is 0 Å². The van der Waals surface area contributed by atoms with Crippen LogP contribution in [-0.2, 0) is 0 Å². The summed E-state index contributed by atoms with van der Waals surface area (Å²) in [5.41, 5.74) is 2.20. The molecule has 0 aliphatic carbocycles. The number of phenolic OH excluding ortho intramolecular Hbond substituents is 1. The van der Waals surface area contributed by atoms with Crippen molar-refractivity contribution in [2.45, 2.75) is 45.4 Å². The highest BCUT2D eigenvalue weighted by Gasteiger charge is 2.00. The van der Waals surface area contributed by atoms with Gasteiger partial charge in [-0.3, -0.25) is 0 Å². The van der Waals surface area contributed by atoms with Gasteiger partial charge in [-0.25, -0.2) is 0 Å². The van der Waals surface area contributed by atoms with Crippen LogP contribution < -0.4 is 4.74 Å². The maximum Gasteiger partial charge on any atom is 0.119 e. The second-order valence-corrected chi connectivity index (χ2v) is 5.69. The van der Waals surface area contributed by atoms with Gasteiger partial charge in [-0.2, -0.15) is 0 Å². The van der Waals surface area contributed by atoms with Crippen LogP contribution in [0.15, 0.2) is 48.5 Å². The van der Waals surface area contributed by atoms with Crippen LogP contribution in [0.25, 0.3) is 11.1 Å². The molecule has 0 heterocycles. The van der Waals surface area contributed by atoms with E-state index in [1.54, 1.807) is 12.1 Å². The number of benzene rings is 2. The Balaban J connectivity index is 1.80. The summed E-state index contributed by atoms with van der Waals surface area (Å²) in [7, 11) is 0. The Morgan fingerprint density at radius 3 is 2.32 bits per heavy atom. The first kappa shape index (κ1) is 16.4. The number of rotatable bonds is 9. The van der Waals surface area contributed by atoms with Crippen LogP contribution in [-0.4, -0.2) is 11.7 Å². The van der Waals surface area contributed by atoms with Gasteiger partial charge >= 0.3 is 0 Å². The van der Waals surface area contributed by atoms with Crippen molar-refractivity contribution in [3.8, 4) is 22.6 Å². The summed E-state index contributed by atoms with van der Waals surface area (Å²) >= 11 is 0. The molecule has 0 unspecified atom stereocenters. The predicted molar refractivity (Wildman–Crippen MR) is 92.4 cm³/mol. The first-order chi connectivity index (χ1) is 10.8. The van der Waals surface area contributed by atoms with E-state index in [9.17, 15) is 5.11 Å². The number of phenols is 1. The Morgan fingerprint density at radius 2 is 1.55 bits per heavy atom. The molecule has 0 aliphatic heterocycles. The molecule has 2 aromatic rings. The van der Waals surface area contributed by atoms with E-state index >= 15 is 0 Å². The fourth-order valence-electron chi connectivity index (χ4n) is 2.49. The molecule has 0 atom stereocenters. The Hall–Kier alpha value is -1.96. The molecule has 0 radical (unpaired) electrons. The molecular formula is C20H26O2. The van der Waals surface area contributed by atoms with Crippen molar-refractivity contribution in [2.75, 3.05) is 6.61 Å². The van der Waals surface area contributed by atoms with Crippen molar-refractivity contribution in [3.63, 3.8) is 0 Å². The number of hydrogen-bond acceptors (Lipinski definition) is 2. The van der Waals surface area contributed by atoms with E-state index in [-0.39, 0.29) is 0 Å². The zero-order valence-electron chi connectivity index (χ0n) is 13.4. The Labute approximate surface area is 133 Å². The van der Waals surface area contributed by atoms with Gasteiger partial charge in [0, 0.05) is 0 Å². The van der Waals surface area contributed by atoms with E-state index in [2.05, 4.69) is 19.1 Å². The zero-order chi connectivity index (χ0) is 15.6. The topological polar surface area (TPSA) is 29.5 Å². The molecule has 2 rings (SSSR count). The van der Waals surface area contributed by atoms with E-state index in [0.717, 1.165) is 29.9 Å². The normalized spacial score (nSPS) is 10.6. The van der Waals surface area contributed by atoms with E-state index in [0.29, 0.717) is 5.75 Å². The summed E-state index contributed by atoms with van der Waals surface area (Å²) in [6.45, 7) is 3.02. The Kier molecular flexibility index (Phi) is 6.82. The van der Waals surface area contributed by atoms with Crippen LogP contribution in [0.3, 0.4) is 0 Å². The van der Waals surface area contributed by atoms with E-state index < -0.39 is 0 Å². The molecule has 22 heavy (non-hydrogen) atoms. The lowest BCUT2D eigenvalue weighted by molar-refractivity contribution is 0.304. The molecule has 2 nitrogen and oxygen atoms in total. The van der Waals surface area contributed by atoms with Crippen molar-refractivity contribution in [1.29, 1.82) is 0 Å². The standard InChI is InChI=1S/C20H26O2/c1-2-3-4-5-6-7-15-22-20-10-8-9-18(16-20)17-11-13-19(21)14-12-17/h8-14,16,21H,2-7,15H2,1H3. The maximum absolute atomic E-state index is 9.35. The molecular weight excluding hydrogens is 272 g/mol. The van der Waals surface area contributed by atoms with Crippen molar-refractivity contribution < 1.29 is 9.84 Å². The van der Waals surface area contributed by atoms with Crippen molar-refractivity contribution in [1.82, 2.24) is 0 Å². The summed E-state index contributed by atoms with van der Waals surface area (Å²) in [5, 5.41) is 9.35. The Bertz CT molecular complexity index is 546. The molecule has 0 aromatic heterocycles. The molecule has 0 spiro atoms. The molecule has 2 aromatic carbocycles. The number of ether oxygens (including phenoxy) is 1. The third kappa shape index (κ3) is 5.44. The predicted octanol–water partition coefficient (Wildman–Crippen LogP) is 5.80. The van der Waals surface area contributed by atoms with Crippen LogP contribution in [0.2, 0.25) is 0 Å². The molecule has 0 fully saturated rings. The number of hydrogen-bond donors (Lipinski definition) is 1. The van der Waals surface area contributed by atoms with E-state index in [4.69, 9.17) is 4.74 Å². The lowest BCUT2D eigenvalue weighted by atomic mass is 10.1. The van der Waals surface area contributed by atoms with Gasteiger partial charge in [-0.15, -0.1) is 0 Å². The highest BCUT2D eigenvalue weighted by atomic mass is 16.5. The lowest BCUT2D eigenvalue weighted by Crippen LogP contribution is -1.97. The molecule has 0 bridgehead atoms. The second kappa shape index (κ2) is 9.14. The smallest absolute Gasteiger partial charge is 0.119 e. The lowest BCUT2D eigenvalue weighted by Gasteiger charge is -2.08. The largest absolute Gasteiger partial charge is 0.508 e. The number of unbranched alkanes of at least 4 members (excludes halogenated alkanes) is 5. The highest BCUT2D eigenvalue weighted by Crippen LogP contribution is 2.25. The molecule has 0 aliphatic rings. The summed E-state index contributed by atoms with van der Waals surface area (Å²) in [4.78, 5) is 0. The van der Waals surface area contributed by atoms with Crippen LogP contribution in [0.4, 0.5) is 0 Å². The fourth-order valence-corrected chi connectivity index (χ4v) is 2.49. The zero-order valence-corrected chi connectivity index (χ0v) is 13.4. The van der Waals surface area contributed by atoms with Gasteiger partial charge in [0.15, 0.2) is 0 Å². The van der Waals surface area contributed by atoms with Crippen LogP contribution in [0.1, 0.15) is 45.4 Å². The highest BCUT2D eigenvalue weighted by molar-refractivity contribution is 5.65. The minimum Gasteiger partial charge on any atom is -0.508 e. The average molecular weight is 298 g/mol. The SMILES string of the molecule is CCCCCCCCOc1cccc(-c2ccc(O)cc2)c1. The quantitative estimate of drug-likeness (QED) is 0.593. The van der Waals surface area contributed by atoms with E-state index in [1.807, 2.05) is 24.3 Å². The van der Waals surface area contributed by atoms with Gasteiger partial charge in [0.1, 0.15) is 11.5 Å².